The predicted molar refractivity (Wildman–Crippen MR) is 243 cm³/mol. The molecule has 0 aromatic heterocycles. The van der Waals surface area contributed by atoms with Crippen LogP contribution in [0.5, 0.6) is 0 Å². The maximum atomic E-state index is 12.7. The number of nitrogens with zero attached hydrogens (tertiary/aromatic N) is 4. The SMILES string of the molecule is CC(=O)N(O)CCCCCNC(=O)CCC(=O)N(O)CCCCCNC(=O)CCC(=O)N(O)CCCCCNC(=O)c1cccc(C(=O)NCC(=O)NC(CCCCN2C(=O)C=CC2=O)C(=O)O)c1. The third-order valence-electron chi connectivity index (χ3n) is 10.6. The van der Waals surface area contributed by atoms with Gasteiger partial charge >= 0.3 is 5.97 Å². The van der Waals surface area contributed by atoms with Gasteiger partial charge in [-0.25, -0.2) is 20.0 Å². The molecule has 1 aliphatic heterocycles. The number of carboxylic acids is 1. The Morgan fingerprint density at radius 2 is 1.03 bits per heavy atom. The molecule has 1 aromatic carbocycles. The lowest BCUT2D eigenvalue weighted by molar-refractivity contribution is -0.166. The molecule has 382 valence electrons. The van der Waals surface area contributed by atoms with E-state index in [2.05, 4.69) is 26.6 Å². The third-order valence-corrected chi connectivity index (χ3v) is 10.6. The second-order valence-electron chi connectivity index (χ2n) is 16.2. The maximum absolute atomic E-state index is 12.7. The molecule has 0 radical (unpaired) electrons. The standard InChI is InChI=1S/C45H67N9O15/c1-32(55)52(67)27-9-2-6-23-46-36(56)17-19-41(61)53(68)28-10-3-7-24-47-37(57)18-20-42(62)54(69)29-11-4-8-25-48-43(63)33-14-13-15-34(30-33)44(64)49-31-38(58)50-35(45(65)66)16-5-12-26-51-39(59)21-22-40(51)60/h13-15,21-22,30,35,67-69H,2-12,16-20,23-29,31H2,1H3,(H,46,56)(H,47,57)(H,48,63)(H,49,64)(H,50,58)(H,65,66). The molecule has 0 saturated carbocycles. The van der Waals surface area contributed by atoms with Gasteiger partial charge in [0, 0.05) is 102 Å². The Hall–Kier alpha value is -6.79. The van der Waals surface area contributed by atoms with Gasteiger partial charge in [-0.3, -0.25) is 68.5 Å². The minimum atomic E-state index is -1.29. The highest BCUT2D eigenvalue weighted by Crippen LogP contribution is 2.10. The minimum absolute atomic E-state index is 0.0120. The van der Waals surface area contributed by atoms with Crippen molar-refractivity contribution in [2.24, 2.45) is 0 Å². The molecule has 1 aliphatic rings. The number of rotatable bonds is 35. The first kappa shape index (κ1) is 58.3. The van der Waals surface area contributed by atoms with E-state index >= 15 is 0 Å². The summed E-state index contributed by atoms with van der Waals surface area (Å²) in [6.07, 6.45) is 7.28. The van der Waals surface area contributed by atoms with Crippen LogP contribution in [0, 0.1) is 0 Å². The lowest BCUT2D eigenvalue weighted by Crippen LogP contribution is -2.45. The lowest BCUT2D eigenvalue weighted by atomic mass is 10.1. The van der Waals surface area contributed by atoms with E-state index in [-0.39, 0.29) is 87.8 Å². The van der Waals surface area contributed by atoms with Crippen molar-refractivity contribution in [3.05, 3.63) is 47.5 Å². The monoisotopic (exact) mass is 973 g/mol. The molecule has 1 heterocycles. The third kappa shape index (κ3) is 24.7. The van der Waals surface area contributed by atoms with Crippen LogP contribution in [0.15, 0.2) is 36.4 Å². The average molecular weight is 974 g/mol. The van der Waals surface area contributed by atoms with E-state index < -0.39 is 65.8 Å². The van der Waals surface area contributed by atoms with Crippen molar-refractivity contribution in [3.8, 4) is 0 Å². The zero-order valence-electron chi connectivity index (χ0n) is 39.1. The van der Waals surface area contributed by atoms with Gasteiger partial charge in [-0.1, -0.05) is 6.07 Å². The van der Waals surface area contributed by atoms with Gasteiger partial charge in [0.15, 0.2) is 0 Å². The summed E-state index contributed by atoms with van der Waals surface area (Å²) < 4.78 is 0. The zero-order chi connectivity index (χ0) is 51.1. The molecule has 0 fully saturated rings. The van der Waals surface area contributed by atoms with Crippen molar-refractivity contribution in [1.29, 1.82) is 0 Å². The minimum Gasteiger partial charge on any atom is -0.480 e. The van der Waals surface area contributed by atoms with Crippen LogP contribution in [-0.4, -0.2) is 164 Å². The van der Waals surface area contributed by atoms with E-state index in [9.17, 15) is 73.5 Å². The molecule has 1 aromatic rings. The first-order valence-corrected chi connectivity index (χ1v) is 23.1. The van der Waals surface area contributed by atoms with E-state index in [0.29, 0.717) is 98.9 Å². The Morgan fingerprint density at radius 3 is 1.51 bits per heavy atom. The van der Waals surface area contributed by atoms with Crippen LogP contribution in [0.25, 0.3) is 0 Å². The summed E-state index contributed by atoms with van der Waals surface area (Å²) in [5.41, 5.74) is 0.253. The zero-order valence-corrected chi connectivity index (χ0v) is 39.1. The quantitative estimate of drug-likeness (QED) is 0.0197. The van der Waals surface area contributed by atoms with Crippen molar-refractivity contribution in [1.82, 2.24) is 46.7 Å². The summed E-state index contributed by atoms with van der Waals surface area (Å²) in [6.45, 7) is 2.04. The number of carbonyl (C=O) groups is 11. The van der Waals surface area contributed by atoms with Gasteiger partial charge in [-0.15, -0.1) is 0 Å². The molecule has 1 unspecified atom stereocenters. The largest absolute Gasteiger partial charge is 0.480 e. The molecule has 69 heavy (non-hydrogen) atoms. The fourth-order valence-corrected chi connectivity index (χ4v) is 6.57. The van der Waals surface area contributed by atoms with E-state index in [1.54, 1.807) is 0 Å². The van der Waals surface area contributed by atoms with Crippen LogP contribution in [-0.2, 0) is 43.2 Å². The molecule has 9 N–H and O–H groups in total. The summed E-state index contributed by atoms with van der Waals surface area (Å²) in [7, 11) is 0. The van der Waals surface area contributed by atoms with Crippen LogP contribution in [0.4, 0.5) is 0 Å². The number of imide groups is 1. The summed E-state index contributed by atoms with van der Waals surface area (Å²) in [5, 5.41) is 53.5. The highest BCUT2D eigenvalue weighted by Gasteiger charge is 2.24. The van der Waals surface area contributed by atoms with Crippen LogP contribution < -0.4 is 26.6 Å². The first-order chi connectivity index (χ1) is 32.9. The number of hydrogen-bond acceptors (Lipinski definition) is 14. The topological polar surface area (TPSA) is 342 Å². The molecular formula is C45H67N9O15. The Balaban J connectivity index is 1.51. The van der Waals surface area contributed by atoms with E-state index in [1.807, 2.05) is 0 Å². The number of carboxylic acid groups (broad SMARTS) is 1. The number of nitrogens with one attached hydrogen (secondary N) is 5. The number of hydrogen-bond donors (Lipinski definition) is 9. The van der Waals surface area contributed by atoms with Gasteiger partial charge in [-0.2, -0.15) is 0 Å². The average Bonchev–Trinajstić information content (AvgIpc) is 3.65. The Labute approximate surface area is 400 Å². The van der Waals surface area contributed by atoms with Crippen LogP contribution in [0.1, 0.15) is 130 Å². The summed E-state index contributed by atoms with van der Waals surface area (Å²) >= 11 is 0. The number of amides is 10. The summed E-state index contributed by atoms with van der Waals surface area (Å²) in [5.74, 6) is -6.47. The second kappa shape index (κ2) is 32.8. The smallest absolute Gasteiger partial charge is 0.326 e. The van der Waals surface area contributed by atoms with Crippen LogP contribution in [0.3, 0.4) is 0 Å². The van der Waals surface area contributed by atoms with Crippen LogP contribution in [0.2, 0.25) is 0 Å². The molecule has 24 nitrogen and oxygen atoms in total. The Morgan fingerprint density at radius 1 is 0.565 bits per heavy atom. The highest BCUT2D eigenvalue weighted by atomic mass is 16.5. The molecule has 0 spiro atoms. The van der Waals surface area contributed by atoms with Gasteiger partial charge in [0.1, 0.15) is 6.04 Å². The number of aliphatic carboxylic acids is 1. The first-order valence-electron chi connectivity index (χ1n) is 23.1. The van der Waals surface area contributed by atoms with Gasteiger partial charge in [0.05, 0.1) is 6.54 Å². The number of carbonyl (C=O) groups excluding carboxylic acids is 10. The predicted octanol–water partition coefficient (Wildman–Crippen LogP) is 0.788. The molecule has 0 bridgehead atoms. The van der Waals surface area contributed by atoms with E-state index in [0.717, 1.165) is 17.1 Å². The Kier molecular flexibility index (Phi) is 27.8. The van der Waals surface area contributed by atoms with Gasteiger partial charge in [0.25, 0.3) is 23.6 Å². The number of hydroxylamine groups is 6. The maximum Gasteiger partial charge on any atom is 0.326 e. The highest BCUT2D eigenvalue weighted by molar-refractivity contribution is 6.12. The molecule has 24 heteroatoms. The number of unbranched alkanes of at least 4 members (excludes halogenated alkanes) is 7. The molecule has 1 atom stereocenters. The molecule has 10 amide bonds. The molecular weight excluding hydrogens is 907 g/mol. The molecule has 0 aliphatic carbocycles. The summed E-state index contributed by atoms with van der Waals surface area (Å²) in [4.78, 5) is 133. The van der Waals surface area contributed by atoms with Crippen molar-refractivity contribution in [2.45, 2.75) is 116 Å². The number of benzene rings is 1. The molecule has 0 saturated heterocycles. The fourth-order valence-electron chi connectivity index (χ4n) is 6.57. The van der Waals surface area contributed by atoms with Gasteiger partial charge in [0.2, 0.25) is 35.4 Å². The van der Waals surface area contributed by atoms with E-state index in [1.165, 1.54) is 31.2 Å². The molecule has 2 rings (SSSR count). The van der Waals surface area contributed by atoms with Crippen molar-refractivity contribution >= 4 is 65.0 Å². The Bertz CT molecular complexity index is 1950. The van der Waals surface area contributed by atoms with Gasteiger partial charge in [-0.05, 0) is 95.2 Å². The van der Waals surface area contributed by atoms with Crippen molar-refractivity contribution < 1.29 is 73.5 Å². The van der Waals surface area contributed by atoms with Crippen LogP contribution >= 0.6 is 0 Å². The van der Waals surface area contributed by atoms with Crippen molar-refractivity contribution in [2.75, 3.05) is 52.4 Å². The normalized spacial score (nSPS) is 12.2. The van der Waals surface area contributed by atoms with E-state index in [4.69, 9.17) is 0 Å². The summed E-state index contributed by atoms with van der Waals surface area (Å²) in [6, 6.07) is 4.48. The fraction of sp³-hybridized carbons (Fsp3) is 0.578. The van der Waals surface area contributed by atoms with Gasteiger partial charge < -0.3 is 31.7 Å². The van der Waals surface area contributed by atoms with Crippen molar-refractivity contribution in [3.63, 3.8) is 0 Å². The second-order valence-corrected chi connectivity index (χ2v) is 16.2. The lowest BCUT2D eigenvalue weighted by Gasteiger charge is -2.16.